The highest BCUT2D eigenvalue weighted by molar-refractivity contribution is 5.87. The van der Waals surface area contributed by atoms with Crippen molar-refractivity contribution in [2.24, 2.45) is 0 Å². The Bertz CT molecular complexity index is 1630. The molecule has 6 aromatic rings. The molecule has 2 aromatic heterocycles. The summed E-state index contributed by atoms with van der Waals surface area (Å²) >= 11 is 0. The summed E-state index contributed by atoms with van der Waals surface area (Å²) in [7, 11) is 0. The first-order valence-corrected chi connectivity index (χ1v) is 12.9. The summed E-state index contributed by atoms with van der Waals surface area (Å²) in [6.45, 7) is 0. The third kappa shape index (κ3) is 3.29. The van der Waals surface area contributed by atoms with E-state index in [9.17, 15) is 0 Å². The predicted octanol–water partition coefficient (Wildman–Crippen LogP) is 8.31. The Morgan fingerprint density at radius 2 is 0.868 bits per heavy atom. The minimum atomic E-state index is -0.590. The summed E-state index contributed by atoms with van der Waals surface area (Å²) in [6, 6.07) is 49.2. The van der Waals surface area contributed by atoms with E-state index in [4.69, 9.17) is 9.97 Å². The first kappa shape index (κ1) is 22.2. The number of hydrogen-bond acceptors (Lipinski definition) is 3. The van der Waals surface area contributed by atoms with Crippen LogP contribution in [0.4, 0.5) is 17.1 Å². The van der Waals surface area contributed by atoms with Crippen molar-refractivity contribution in [3.05, 3.63) is 174 Å². The molecule has 1 aliphatic rings. The Kier molecular flexibility index (Phi) is 5.33. The molecule has 0 bridgehead atoms. The Morgan fingerprint density at radius 1 is 0.421 bits per heavy atom. The first-order chi connectivity index (χ1) is 18.9. The lowest BCUT2D eigenvalue weighted by molar-refractivity contribution is 0.764. The van der Waals surface area contributed by atoms with E-state index in [-0.39, 0.29) is 0 Å². The van der Waals surface area contributed by atoms with Crippen LogP contribution < -0.4 is 4.90 Å². The Hall–Kier alpha value is -5.02. The third-order valence-corrected chi connectivity index (χ3v) is 7.43. The second-order valence-corrected chi connectivity index (χ2v) is 9.44. The molecular formula is C35H25N3. The molecule has 3 nitrogen and oxygen atoms in total. The average molecular weight is 488 g/mol. The number of rotatable bonds is 5. The van der Waals surface area contributed by atoms with Gasteiger partial charge in [-0.25, -0.2) is 0 Å². The molecule has 180 valence electrons. The summed E-state index contributed by atoms with van der Waals surface area (Å²) in [5.41, 5.74) is 9.26. The van der Waals surface area contributed by atoms with Gasteiger partial charge in [0, 0.05) is 23.8 Å². The molecule has 0 atom stereocenters. The van der Waals surface area contributed by atoms with Crippen molar-refractivity contribution in [1.82, 2.24) is 9.97 Å². The van der Waals surface area contributed by atoms with Gasteiger partial charge in [0.2, 0.25) is 0 Å². The normalized spacial score (nSPS) is 12.9. The molecule has 0 amide bonds. The smallest absolute Gasteiger partial charge is 0.0937 e. The number of anilines is 3. The molecule has 0 spiro atoms. The van der Waals surface area contributed by atoms with Crippen molar-refractivity contribution in [2.75, 3.05) is 4.90 Å². The van der Waals surface area contributed by atoms with Crippen LogP contribution in [0.1, 0.15) is 22.3 Å². The van der Waals surface area contributed by atoms with Gasteiger partial charge in [0.05, 0.1) is 22.5 Å². The van der Waals surface area contributed by atoms with Gasteiger partial charge < -0.3 is 4.90 Å². The summed E-state index contributed by atoms with van der Waals surface area (Å²) in [5, 5.41) is 0. The summed E-state index contributed by atoms with van der Waals surface area (Å²) in [4.78, 5) is 12.1. The SMILES string of the molecule is c1ccc(N(c2ccccc2)c2ccccc2C2(c3ccccc3)c3cccnc3-c3ncccc32)cc1. The molecule has 7 rings (SSSR count). The van der Waals surface area contributed by atoms with Gasteiger partial charge in [-0.05, 0) is 64.7 Å². The lowest BCUT2D eigenvalue weighted by atomic mass is 9.67. The highest BCUT2D eigenvalue weighted by atomic mass is 15.1. The van der Waals surface area contributed by atoms with E-state index in [0.717, 1.165) is 39.6 Å². The van der Waals surface area contributed by atoms with Gasteiger partial charge >= 0.3 is 0 Å². The predicted molar refractivity (Wildman–Crippen MR) is 154 cm³/mol. The second kappa shape index (κ2) is 9.13. The number of nitrogens with zero attached hydrogens (tertiary/aromatic N) is 3. The van der Waals surface area contributed by atoms with Gasteiger partial charge in [0.25, 0.3) is 0 Å². The number of pyridine rings is 2. The fourth-order valence-electron chi connectivity index (χ4n) is 5.95. The van der Waals surface area contributed by atoms with Gasteiger partial charge in [0.15, 0.2) is 0 Å². The molecule has 1 aliphatic carbocycles. The Balaban J connectivity index is 1.61. The maximum Gasteiger partial charge on any atom is 0.0937 e. The van der Waals surface area contributed by atoms with E-state index in [2.05, 4.69) is 132 Å². The van der Waals surface area contributed by atoms with Crippen molar-refractivity contribution in [3.63, 3.8) is 0 Å². The standard InChI is InChI=1S/C35H25N3/c1-4-14-26(15-5-1)35(30-21-12-24-36-33(30)34-31(35)22-13-25-37-34)29-20-10-11-23-32(29)38(27-16-6-2-7-17-27)28-18-8-3-9-19-28/h1-25H. The number of fused-ring (bicyclic) bond motifs is 3. The van der Waals surface area contributed by atoms with E-state index < -0.39 is 5.41 Å². The van der Waals surface area contributed by atoms with Crippen LogP contribution in [0.5, 0.6) is 0 Å². The highest BCUT2D eigenvalue weighted by Gasteiger charge is 2.49. The maximum atomic E-state index is 4.86. The third-order valence-electron chi connectivity index (χ3n) is 7.43. The molecule has 0 N–H and O–H groups in total. The first-order valence-electron chi connectivity index (χ1n) is 12.9. The molecule has 0 saturated carbocycles. The quantitative estimate of drug-likeness (QED) is 0.244. The minimum absolute atomic E-state index is 0.590. The van der Waals surface area contributed by atoms with Gasteiger partial charge in [-0.3, -0.25) is 9.97 Å². The zero-order valence-corrected chi connectivity index (χ0v) is 20.8. The number of benzene rings is 4. The minimum Gasteiger partial charge on any atom is -0.310 e. The molecule has 0 saturated heterocycles. The van der Waals surface area contributed by atoms with Crippen LogP contribution >= 0.6 is 0 Å². The van der Waals surface area contributed by atoms with Crippen molar-refractivity contribution >= 4 is 17.1 Å². The van der Waals surface area contributed by atoms with Crippen LogP contribution in [-0.2, 0) is 5.41 Å². The van der Waals surface area contributed by atoms with E-state index in [1.165, 1.54) is 11.1 Å². The van der Waals surface area contributed by atoms with Crippen molar-refractivity contribution in [3.8, 4) is 11.4 Å². The van der Waals surface area contributed by atoms with Crippen LogP contribution in [0.15, 0.2) is 152 Å². The molecular weight excluding hydrogens is 462 g/mol. The zero-order valence-electron chi connectivity index (χ0n) is 20.8. The topological polar surface area (TPSA) is 29.0 Å². The summed E-state index contributed by atoms with van der Waals surface area (Å²) in [5.74, 6) is 0. The lowest BCUT2D eigenvalue weighted by Crippen LogP contribution is -2.30. The van der Waals surface area contributed by atoms with E-state index >= 15 is 0 Å². The van der Waals surface area contributed by atoms with Crippen LogP contribution in [0, 0.1) is 0 Å². The van der Waals surface area contributed by atoms with Gasteiger partial charge in [0.1, 0.15) is 0 Å². The Labute approximate surface area is 222 Å². The second-order valence-electron chi connectivity index (χ2n) is 9.44. The van der Waals surface area contributed by atoms with Gasteiger partial charge in [-0.15, -0.1) is 0 Å². The molecule has 0 fully saturated rings. The van der Waals surface area contributed by atoms with Crippen molar-refractivity contribution in [1.29, 1.82) is 0 Å². The monoisotopic (exact) mass is 487 g/mol. The fourth-order valence-corrected chi connectivity index (χ4v) is 5.95. The highest BCUT2D eigenvalue weighted by Crippen LogP contribution is 2.57. The molecule has 3 heteroatoms. The fraction of sp³-hybridized carbons (Fsp3) is 0.0286. The van der Waals surface area contributed by atoms with E-state index in [1.54, 1.807) is 0 Å². The van der Waals surface area contributed by atoms with Gasteiger partial charge in [-0.2, -0.15) is 0 Å². The molecule has 38 heavy (non-hydrogen) atoms. The number of para-hydroxylation sites is 3. The lowest BCUT2D eigenvalue weighted by Gasteiger charge is -2.37. The average Bonchev–Trinajstić information content (AvgIpc) is 3.30. The zero-order chi connectivity index (χ0) is 25.4. The van der Waals surface area contributed by atoms with Crippen LogP contribution in [-0.4, -0.2) is 9.97 Å². The molecule has 2 heterocycles. The molecule has 4 aromatic carbocycles. The van der Waals surface area contributed by atoms with Crippen LogP contribution in [0.2, 0.25) is 0 Å². The van der Waals surface area contributed by atoms with Crippen LogP contribution in [0.3, 0.4) is 0 Å². The van der Waals surface area contributed by atoms with Crippen molar-refractivity contribution in [2.45, 2.75) is 5.41 Å². The van der Waals surface area contributed by atoms with Crippen molar-refractivity contribution < 1.29 is 0 Å². The molecule has 0 aliphatic heterocycles. The van der Waals surface area contributed by atoms with Gasteiger partial charge in [-0.1, -0.05) is 97.1 Å². The molecule has 0 radical (unpaired) electrons. The number of hydrogen-bond donors (Lipinski definition) is 0. The largest absolute Gasteiger partial charge is 0.310 e. The van der Waals surface area contributed by atoms with Crippen LogP contribution in [0.25, 0.3) is 11.4 Å². The maximum absolute atomic E-state index is 4.86. The van der Waals surface area contributed by atoms with E-state index in [1.807, 2.05) is 24.5 Å². The summed E-state index contributed by atoms with van der Waals surface area (Å²) in [6.07, 6.45) is 3.73. The number of aromatic nitrogens is 2. The van der Waals surface area contributed by atoms with E-state index in [0.29, 0.717) is 0 Å². The molecule has 0 unspecified atom stereocenters. The summed E-state index contributed by atoms with van der Waals surface area (Å²) < 4.78 is 0. The Morgan fingerprint density at radius 3 is 1.42 bits per heavy atom.